The number of nitro groups is 1. The van der Waals surface area contributed by atoms with Gasteiger partial charge >= 0.3 is 0 Å². The van der Waals surface area contributed by atoms with Gasteiger partial charge in [0.25, 0.3) is 11.5 Å². The molecule has 0 fully saturated rings. The first-order valence-corrected chi connectivity index (χ1v) is 9.78. The second-order valence-electron chi connectivity index (χ2n) is 5.69. The Labute approximate surface area is 169 Å². The molecule has 0 atom stereocenters. The number of fused-ring (bicyclic) bond motifs is 1. The number of carbonyl (C=O) groups excluding carboxylic acids is 1. The van der Waals surface area contributed by atoms with Crippen molar-refractivity contribution in [2.45, 2.75) is 19.0 Å². The largest absolute Gasteiger partial charge is 0.355 e. The van der Waals surface area contributed by atoms with Crippen LogP contribution in [-0.4, -0.2) is 54.2 Å². The van der Waals surface area contributed by atoms with Crippen molar-refractivity contribution in [3.8, 4) is 0 Å². The SMILES string of the molecule is CCNc1nc(NCC)n2c(SCC(=O)Nc3ccc([N+](=O)[O-])cc3)nnc2n1. The second kappa shape index (κ2) is 9.14. The lowest BCUT2D eigenvalue weighted by Gasteiger charge is -2.09. The van der Waals surface area contributed by atoms with Crippen LogP contribution >= 0.6 is 11.8 Å². The number of non-ortho nitro benzene ring substituents is 1. The van der Waals surface area contributed by atoms with Gasteiger partial charge in [0.15, 0.2) is 5.16 Å². The van der Waals surface area contributed by atoms with Gasteiger partial charge in [0.05, 0.1) is 10.7 Å². The predicted molar refractivity (Wildman–Crippen MR) is 109 cm³/mol. The molecule has 152 valence electrons. The smallest absolute Gasteiger partial charge is 0.269 e. The summed E-state index contributed by atoms with van der Waals surface area (Å²) in [5.74, 6) is 1.12. The zero-order valence-corrected chi connectivity index (χ0v) is 16.6. The van der Waals surface area contributed by atoms with E-state index >= 15 is 0 Å². The summed E-state index contributed by atoms with van der Waals surface area (Å²) in [6.07, 6.45) is 0. The van der Waals surface area contributed by atoms with E-state index in [4.69, 9.17) is 0 Å². The van der Waals surface area contributed by atoms with Crippen LogP contribution in [0.4, 0.5) is 23.3 Å². The topological polar surface area (TPSA) is 152 Å². The molecule has 13 heteroatoms. The molecule has 0 saturated heterocycles. The van der Waals surface area contributed by atoms with Gasteiger partial charge in [-0.3, -0.25) is 14.9 Å². The van der Waals surface area contributed by atoms with Gasteiger partial charge in [0, 0.05) is 30.9 Å². The van der Waals surface area contributed by atoms with Gasteiger partial charge < -0.3 is 16.0 Å². The number of nitrogens with zero attached hydrogens (tertiary/aromatic N) is 6. The molecular weight excluding hydrogens is 398 g/mol. The third-order valence-electron chi connectivity index (χ3n) is 3.61. The van der Waals surface area contributed by atoms with Crippen LogP contribution in [-0.2, 0) is 4.79 Å². The molecule has 3 rings (SSSR count). The van der Waals surface area contributed by atoms with E-state index in [-0.39, 0.29) is 17.3 Å². The maximum Gasteiger partial charge on any atom is 0.269 e. The number of carbonyl (C=O) groups is 1. The normalized spacial score (nSPS) is 10.7. The Kier molecular flexibility index (Phi) is 6.39. The van der Waals surface area contributed by atoms with Crippen LogP contribution < -0.4 is 16.0 Å². The Morgan fingerprint density at radius 3 is 2.52 bits per heavy atom. The molecule has 0 saturated carbocycles. The van der Waals surface area contributed by atoms with Crippen molar-refractivity contribution in [3.63, 3.8) is 0 Å². The molecule has 0 unspecified atom stereocenters. The molecule has 2 aromatic heterocycles. The second-order valence-corrected chi connectivity index (χ2v) is 6.63. The van der Waals surface area contributed by atoms with Crippen LogP contribution in [0.15, 0.2) is 29.4 Å². The molecule has 0 aliphatic carbocycles. The van der Waals surface area contributed by atoms with Crippen LogP contribution in [0, 0.1) is 10.1 Å². The zero-order valence-electron chi connectivity index (χ0n) is 15.7. The minimum Gasteiger partial charge on any atom is -0.355 e. The van der Waals surface area contributed by atoms with Crippen molar-refractivity contribution >= 4 is 46.7 Å². The Morgan fingerprint density at radius 1 is 1.14 bits per heavy atom. The molecule has 1 amide bonds. The van der Waals surface area contributed by atoms with Crippen molar-refractivity contribution < 1.29 is 9.72 Å². The van der Waals surface area contributed by atoms with E-state index in [0.29, 0.717) is 41.6 Å². The third kappa shape index (κ3) is 4.87. The molecule has 12 nitrogen and oxygen atoms in total. The molecule has 0 radical (unpaired) electrons. The Balaban J connectivity index is 1.71. The number of nitrogens with one attached hydrogen (secondary N) is 3. The molecule has 0 aliphatic rings. The fourth-order valence-corrected chi connectivity index (χ4v) is 3.12. The van der Waals surface area contributed by atoms with Crippen LogP contribution in [0.25, 0.3) is 5.78 Å². The number of amides is 1. The van der Waals surface area contributed by atoms with Gasteiger partial charge in [-0.05, 0) is 26.0 Å². The van der Waals surface area contributed by atoms with Crippen LogP contribution in [0.2, 0.25) is 0 Å². The lowest BCUT2D eigenvalue weighted by molar-refractivity contribution is -0.384. The van der Waals surface area contributed by atoms with Gasteiger partial charge in [-0.15, -0.1) is 10.2 Å². The summed E-state index contributed by atoms with van der Waals surface area (Å²) in [6, 6.07) is 5.62. The van der Waals surface area contributed by atoms with Crippen molar-refractivity contribution in [2.75, 3.05) is 34.8 Å². The first kappa shape index (κ1) is 20.3. The quantitative estimate of drug-likeness (QED) is 0.268. The van der Waals surface area contributed by atoms with Crippen LogP contribution in [0.5, 0.6) is 0 Å². The van der Waals surface area contributed by atoms with Gasteiger partial charge in [-0.25, -0.2) is 4.40 Å². The first-order valence-electron chi connectivity index (χ1n) is 8.79. The number of benzene rings is 1. The average Bonchev–Trinajstić information content (AvgIpc) is 3.10. The van der Waals surface area contributed by atoms with Gasteiger partial charge in [-0.2, -0.15) is 9.97 Å². The molecule has 0 bridgehead atoms. The highest BCUT2D eigenvalue weighted by Gasteiger charge is 2.16. The summed E-state index contributed by atoms with van der Waals surface area (Å²) in [5, 5.41) is 28.2. The lowest BCUT2D eigenvalue weighted by atomic mass is 10.3. The van der Waals surface area contributed by atoms with E-state index in [1.54, 1.807) is 4.40 Å². The fourth-order valence-electron chi connectivity index (χ4n) is 2.39. The van der Waals surface area contributed by atoms with Crippen molar-refractivity contribution in [2.24, 2.45) is 0 Å². The molecule has 3 N–H and O–H groups in total. The summed E-state index contributed by atoms with van der Waals surface area (Å²) in [4.78, 5) is 31.1. The Morgan fingerprint density at radius 2 is 1.86 bits per heavy atom. The number of nitro benzene ring substituents is 1. The highest BCUT2D eigenvalue weighted by molar-refractivity contribution is 7.99. The molecule has 0 aliphatic heterocycles. The third-order valence-corrected chi connectivity index (χ3v) is 4.54. The van der Waals surface area contributed by atoms with Crippen molar-refractivity contribution in [1.29, 1.82) is 0 Å². The number of aromatic nitrogens is 5. The summed E-state index contributed by atoms with van der Waals surface area (Å²) in [7, 11) is 0. The monoisotopic (exact) mass is 417 g/mol. The minimum absolute atomic E-state index is 0.0415. The number of hydrogen-bond donors (Lipinski definition) is 3. The zero-order chi connectivity index (χ0) is 20.8. The summed E-state index contributed by atoms with van der Waals surface area (Å²) >= 11 is 1.18. The Bertz CT molecular complexity index is 1020. The Hall–Kier alpha value is -3.48. The molecule has 0 spiro atoms. The molecule has 2 heterocycles. The highest BCUT2D eigenvalue weighted by atomic mass is 32.2. The van der Waals surface area contributed by atoms with Gasteiger partial charge in [0.2, 0.25) is 17.8 Å². The van der Waals surface area contributed by atoms with E-state index in [0.717, 1.165) is 0 Å². The number of hydrogen-bond acceptors (Lipinski definition) is 10. The van der Waals surface area contributed by atoms with E-state index in [1.165, 1.54) is 36.0 Å². The fraction of sp³-hybridized carbons (Fsp3) is 0.312. The molecule has 29 heavy (non-hydrogen) atoms. The van der Waals surface area contributed by atoms with Crippen LogP contribution in [0.1, 0.15) is 13.8 Å². The summed E-state index contributed by atoms with van der Waals surface area (Å²) in [6.45, 7) is 5.19. The van der Waals surface area contributed by atoms with Gasteiger partial charge in [0.1, 0.15) is 0 Å². The van der Waals surface area contributed by atoms with E-state index in [9.17, 15) is 14.9 Å². The number of thioether (sulfide) groups is 1. The lowest BCUT2D eigenvalue weighted by Crippen LogP contribution is -2.15. The average molecular weight is 417 g/mol. The van der Waals surface area contributed by atoms with Crippen molar-refractivity contribution in [3.05, 3.63) is 34.4 Å². The number of anilines is 3. The number of rotatable bonds is 9. The van der Waals surface area contributed by atoms with Gasteiger partial charge in [-0.1, -0.05) is 11.8 Å². The van der Waals surface area contributed by atoms with Crippen LogP contribution in [0.3, 0.4) is 0 Å². The minimum atomic E-state index is -0.497. The van der Waals surface area contributed by atoms with E-state index in [1.807, 2.05) is 13.8 Å². The van der Waals surface area contributed by atoms with E-state index < -0.39 is 4.92 Å². The maximum absolute atomic E-state index is 12.2. The molecular formula is C16H19N9O3S. The maximum atomic E-state index is 12.2. The first-order chi connectivity index (χ1) is 14.0. The summed E-state index contributed by atoms with van der Waals surface area (Å²) in [5.41, 5.74) is 0.430. The summed E-state index contributed by atoms with van der Waals surface area (Å²) < 4.78 is 1.65. The molecule has 1 aromatic carbocycles. The predicted octanol–water partition coefficient (Wildman–Crippen LogP) is 2.02. The highest BCUT2D eigenvalue weighted by Crippen LogP contribution is 2.22. The standard InChI is InChI=1S/C16H19N9O3S/c1-3-17-13-20-14(18-4-2)24-15(21-13)22-23-16(24)29-9-12(26)19-10-5-7-11(8-6-10)25(27)28/h5-8H,3-4,9H2,1-2H3,(H,19,26)(H2,17,18,20,21,22). The van der Waals surface area contributed by atoms with Crippen molar-refractivity contribution in [1.82, 2.24) is 24.6 Å². The molecule has 3 aromatic rings. The van der Waals surface area contributed by atoms with E-state index in [2.05, 4.69) is 36.1 Å².